The zero-order valence-electron chi connectivity index (χ0n) is 8.92. The molecule has 1 aromatic heterocycles. The average Bonchev–Trinajstić information content (AvgIpc) is 2.74. The van der Waals surface area contributed by atoms with Gasteiger partial charge in [-0.15, -0.1) is 0 Å². The fourth-order valence-corrected chi connectivity index (χ4v) is 1.95. The van der Waals surface area contributed by atoms with E-state index in [1.807, 2.05) is 0 Å². The number of nitrogens with one attached hydrogen (secondary N) is 1. The molecule has 1 heterocycles. The summed E-state index contributed by atoms with van der Waals surface area (Å²) in [7, 11) is -4.22. The van der Waals surface area contributed by atoms with Crippen LogP contribution in [0.2, 0.25) is 0 Å². The van der Waals surface area contributed by atoms with Crippen LogP contribution in [0, 0.1) is 0 Å². The lowest BCUT2D eigenvalue weighted by atomic mass is 10.3. The average molecular weight is 278 g/mol. The molecule has 0 bridgehead atoms. The number of carbonyl (C=O) groups excluding carboxylic acids is 1. The third kappa shape index (κ3) is 6.37. The van der Waals surface area contributed by atoms with Crippen LogP contribution < -0.4 is 5.32 Å². The van der Waals surface area contributed by atoms with Crippen LogP contribution in [0.4, 0.5) is 0 Å². The van der Waals surface area contributed by atoms with Crippen LogP contribution >= 0.6 is 11.3 Å². The molecule has 1 aromatic rings. The van der Waals surface area contributed by atoms with E-state index >= 15 is 0 Å². The van der Waals surface area contributed by atoms with Crippen molar-refractivity contribution >= 4 is 27.4 Å². The topological polar surface area (TPSA) is 95.5 Å². The maximum atomic E-state index is 11.4. The summed E-state index contributed by atoms with van der Waals surface area (Å²) in [5.74, 6) is -0.753. The minimum Gasteiger partial charge on any atom is -0.748 e. The van der Waals surface area contributed by atoms with E-state index in [9.17, 15) is 17.8 Å². The van der Waals surface area contributed by atoms with Crippen LogP contribution in [0.3, 0.4) is 0 Å². The summed E-state index contributed by atoms with van der Waals surface area (Å²) >= 11 is 1.42. The van der Waals surface area contributed by atoms with Gasteiger partial charge < -0.3 is 14.6 Å². The summed E-state index contributed by atoms with van der Waals surface area (Å²) in [5.41, 5.74) is 0.581. The molecule has 0 aliphatic carbocycles. The lowest BCUT2D eigenvalue weighted by Crippen LogP contribution is -2.27. The van der Waals surface area contributed by atoms with E-state index in [-0.39, 0.29) is 25.7 Å². The first-order valence-electron chi connectivity index (χ1n) is 4.81. The van der Waals surface area contributed by atoms with Crippen molar-refractivity contribution in [3.05, 3.63) is 22.4 Å². The monoisotopic (exact) mass is 278 g/mol. The Bertz CT molecular complexity index is 440. The zero-order valence-corrected chi connectivity index (χ0v) is 10.6. The molecule has 0 aliphatic rings. The Labute approximate surface area is 103 Å². The highest BCUT2D eigenvalue weighted by molar-refractivity contribution is 7.85. The van der Waals surface area contributed by atoms with E-state index < -0.39 is 15.9 Å². The predicted molar refractivity (Wildman–Crippen MR) is 62.0 cm³/mol. The molecule has 8 heteroatoms. The van der Waals surface area contributed by atoms with Gasteiger partial charge in [-0.2, -0.15) is 11.3 Å². The molecule has 1 amide bonds. The summed E-state index contributed by atoms with van der Waals surface area (Å²) in [5, 5.41) is 6.12. The van der Waals surface area contributed by atoms with Gasteiger partial charge in [-0.1, -0.05) is 0 Å². The minimum absolute atomic E-state index is 0.153. The Hall–Kier alpha value is -0.960. The fraction of sp³-hybridized carbons (Fsp3) is 0.444. The molecule has 0 aliphatic heterocycles. The van der Waals surface area contributed by atoms with E-state index in [0.717, 1.165) is 0 Å². The predicted octanol–water partition coefficient (Wildman–Crippen LogP) is 0.0397. The molecule has 0 saturated heterocycles. The Morgan fingerprint density at radius 2 is 2.24 bits per heavy atom. The number of ether oxygens (including phenoxy) is 1. The Balaban J connectivity index is 2.07. The third-order valence-corrected chi connectivity index (χ3v) is 3.14. The van der Waals surface area contributed by atoms with Crippen LogP contribution in [0.25, 0.3) is 0 Å². The molecule has 6 nitrogen and oxygen atoms in total. The lowest BCUT2D eigenvalue weighted by molar-refractivity contribution is 0.0923. The van der Waals surface area contributed by atoms with Crippen molar-refractivity contribution in [2.75, 3.05) is 25.5 Å². The molecule has 0 aromatic carbocycles. The first-order valence-corrected chi connectivity index (χ1v) is 7.33. The van der Waals surface area contributed by atoms with Gasteiger partial charge in [0.15, 0.2) is 0 Å². The van der Waals surface area contributed by atoms with Crippen molar-refractivity contribution in [1.82, 2.24) is 5.32 Å². The van der Waals surface area contributed by atoms with Crippen LogP contribution in [0.5, 0.6) is 0 Å². The van der Waals surface area contributed by atoms with Crippen LogP contribution in [-0.4, -0.2) is 44.4 Å². The lowest BCUT2D eigenvalue weighted by Gasteiger charge is -2.08. The number of carbonyl (C=O) groups is 1. The van der Waals surface area contributed by atoms with Gasteiger partial charge in [-0.25, -0.2) is 8.42 Å². The van der Waals surface area contributed by atoms with E-state index in [4.69, 9.17) is 4.74 Å². The Morgan fingerprint density at radius 3 is 2.82 bits per heavy atom. The smallest absolute Gasteiger partial charge is 0.252 e. The highest BCUT2D eigenvalue weighted by atomic mass is 32.2. The van der Waals surface area contributed by atoms with Gasteiger partial charge in [-0.3, -0.25) is 4.79 Å². The molecule has 0 fully saturated rings. The minimum atomic E-state index is -4.22. The van der Waals surface area contributed by atoms with Crippen molar-refractivity contribution in [2.45, 2.75) is 0 Å². The first-order chi connectivity index (χ1) is 7.99. The van der Waals surface area contributed by atoms with Crippen molar-refractivity contribution in [2.24, 2.45) is 0 Å². The molecule has 0 radical (unpaired) electrons. The largest absolute Gasteiger partial charge is 0.748 e. The molecule has 1 N–H and O–H groups in total. The van der Waals surface area contributed by atoms with Gasteiger partial charge >= 0.3 is 0 Å². The van der Waals surface area contributed by atoms with Gasteiger partial charge in [0, 0.05) is 17.5 Å². The number of hydrogen-bond acceptors (Lipinski definition) is 6. The molecule has 1 rings (SSSR count). The fourth-order valence-electron chi connectivity index (χ4n) is 0.996. The van der Waals surface area contributed by atoms with Gasteiger partial charge in [0.25, 0.3) is 5.91 Å². The molecule has 0 spiro atoms. The summed E-state index contributed by atoms with van der Waals surface area (Å²) in [6.45, 7) is 0.291. The molecular formula is C9H12NO5S2-. The van der Waals surface area contributed by atoms with Crippen molar-refractivity contribution in [1.29, 1.82) is 0 Å². The normalized spacial score (nSPS) is 11.4. The van der Waals surface area contributed by atoms with E-state index in [1.165, 1.54) is 11.3 Å². The molecule has 0 unspecified atom stereocenters. The van der Waals surface area contributed by atoms with Crippen molar-refractivity contribution < 1.29 is 22.5 Å². The van der Waals surface area contributed by atoms with Gasteiger partial charge in [0.2, 0.25) is 0 Å². The van der Waals surface area contributed by atoms with E-state index in [2.05, 4.69) is 5.32 Å². The highest BCUT2D eigenvalue weighted by Crippen LogP contribution is 2.04. The first kappa shape index (κ1) is 14.1. The molecule has 0 atom stereocenters. The second-order valence-electron chi connectivity index (χ2n) is 3.14. The Morgan fingerprint density at radius 1 is 1.47 bits per heavy atom. The van der Waals surface area contributed by atoms with Gasteiger partial charge in [0.1, 0.15) is 0 Å². The second kappa shape index (κ2) is 6.70. The molecule has 17 heavy (non-hydrogen) atoms. The number of rotatable bonds is 7. The molecular weight excluding hydrogens is 266 g/mol. The number of thiophene rings is 1. The van der Waals surface area contributed by atoms with E-state index in [0.29, 0.717) is 5.56 Å². The van der Waals surface area contributed by atoms with Crippen molar-refractivity contribution in [3.63, 3.8) is 0 Å². The zero-order chi connectivity index (χ0) is 12.7. The summed E-state index contributed by atoms with van der Waals surface area (Å²) in [6, 6.07) is 1.70. The number of amides is 1. The summed E-state index contributed by atoms with van der Waals surface area (Å²) < 4.78 is 35.6. The summed E-state index contributed by atoms with van der Waals surface area (Å²) in [4.78, 5) is 11.4. The SMILES string of the molecule is O=C(NCCOCCS(=O)(=O)[O-])c1ccsc1. The highest BCUT2D eigenvalue weighted by Gasteiger charge is 2.04. The molecule has 96 valence electrons. The summed E-state index contributed by atoms with van der Waals surface area (Å²) in [6.07, 6.45) is 0. The van der Waals surface area contributed by atoms with Crippen LogP contribution in [-0.2, 0) is 14.9 Å². The standard InChI is InChI=1S/C9H13NO5S2/c11-9(8-1-5-16-7-8)10-2-3-15-4-6-17(12,13)14/h1,5,7H,2-4,6H2,(H,10,11)(H,12,13,14)/p-1. The van der Waals surface area contributed by atoms with Crippen molar-refractivity contribution in [3.8, 4) is 0 Å². The Kier molecular flexibility index (Phi) is 5.56. The van der Waals surface area contributed by atoms with Crippen LogP contribution in [0.15, 0.2) is 16.8 Å². The maximum absolute atomic E-state index is 11.4. The van der Waals surface area contributed by atoms with Crippen LogP contribution in [0.1, 0.15) is 10.4 Å². The quantitative estimate of drug-likeness (QED) is 0.561. The second-order valence-corrected chi connectivity index (χ2v) is 5.45. The third-order valence-electron chi connectivity index (χ3n) is 1.79. The van der Waals surface area contributed by atoms with Gasteiger partial charge in [0.05, 0.1) is 29.1 Å². The number of hydrogen-bond donors (Lipinski definition) is 1. The maximum Gasteiger partial charge on any atom is 0.252 e. The molecule has 0 saturated carbocycles. The van der Waals surface area contributed by atoms with E-state index in [1.54, 1.807) is 16.8 Å². The van der Waals surface area contributed by atoms with Gasteiger partial charge in [-0.05, 0) is 11.4 Å².